The number of anilines is 1. The lowest BCUT2D eigenvalue weighted by atomic mass is 10.3. The molecule has 0 aliphatic carbocycles. The quantitative estimate of drug-likeness (QED) is 0.837. The first kappa shape index (κ1) is 15.1. The van der Waals surface area contributed by atoms with Gasteiger partial charge in [-0.1, -0.05) is 0 Å². The van der Waals surface area contributed by atoms with Crippen LogP contribution in [0.15, 0.2) is 24.3 Å². The van der Waals surface area contributed by atoms with Crippen molar-refractivity contribution in [2.24, 2.45) is 0 Å². The molecule has 7 heteroatoms. The summed E-state index contributed by atoms with van der Waals surface area (Å²) >= 11 is 0. The molecule has 0 saturated heterocycles. The van der Waals surface area contributed by atoms with Gasteiger partial charge in [-0.05, 0) is 24.3 Å². The second-order valence-electron chi connectivity index (χ2n) is 4.03. The average molecular weight is 276 g/mol. The molecule has 0 saturated carbocycles. The van der Waals surface area contributed by atoms with Crippen molar-refractivity contribution >= 4 is 11.6 Å². The van der Waals surface area contributed by atoms with E-state index in [1.165, 1.54) is 0 Å². The molecule has 0 unspecified atom stereocenters. The summed E-state index contributed by atoms with van der Waals surface area (Å²) in [4.78, 5) is 12.0. The number of nitrogens with two attached hydrogens (primary N) is 1. The van der Waals surface area contributed by atoms with Gasteiger partial charge in [-0.25, -0.2) is 0 Å². The predicted molar refractivity (Wildman–Crippen MR) is 64.7 cm³/mol. The van der Waals surface area contributed by atoms with Crippen molar-refractivity contribution in [2.45, 2.75) is 12.6 Å². The molecule has 0 aliphatic rings. The third-order valence-corrected chi connectivity index (χ3v) is 2.31. The van der Waals surface area contributed by atoms with Crippen molar-refractivity contribution in [3.05, 3.63) is 24.3 Å². The van der Waals surface area contributed by atoms with Gasteiger partial charge in [-0.2, -0.15) is 13.2 Å². The summed E-state index contributed by atoms with van der Waals surface area (Å²) in [5.41, 5.74) is 6.06. The van der Waals surface area contributed by atoms with Crippen LogP contribution in [0.25, 0.3) is 0 Å². The van der Waals surface area contributed by atoms with Gasteiger partial charge in [0.2, 0.25) is 5.91 Å². The highest BCUT2D eigenvalue weighted by Crippen LogP contribution is 2.16. The van der Waals surface area contributed by atoms with Gasteiger partial charge in [-0.3, -0.25) is 4.79 Å². The van der Waals surface area contributed by atoms with Crippen molar-refractivity contribution in [1.29, 1.82) is 0 Å². The van der Waals surface area contributed by atoms with Crippen LogP contribution in [0.1, 0.15) is 6.42 Å². The minimum Gasteiger partial charge on any atom is -0.493 e. The first-order valence-electron chi connectivity index (χ1n) is 5.57. The number of rotatable bonds is 5. The monoisotopic (exact) mass is 276 g/mol. The number of hydrogen-bond acceptors (Lipinski definition) is 3. The third kappa shape index (κ3) is 5.98. The normalized spacial score (nSPS) is 11.2. The summed E-state index contributed by atoms with van der Waals surface area (Å²) in [7, 11) is 1.11. The van der Waals surface area contributed by atoms with Crippen molar-refractivity contribution in [3.8, 4) is 5.75 Å². The van der Waals surface area contributed by atoms with Crippen molar-refractivity contribution in [3.63, 3.8) is 0 Å². The Balaban J connectivity index is 2.32. The molecule has 0 aromatic heterocycles. The summed E-state index contributed by atoms with van der Waals surface area (Å²) in [5.74, 6) is -0.103. The zero-order chi connectivity index (χ0) is 14.5. The molecule has 1 amide bonds. The Morgan fingerprint density at radius 3 is 2.42 bits per heavy atom. The average Bonchev–Trinajstić information content (AvgIpc) is 2.29. The molecule has 2 N–H and O–H groups in total. The predicted octanol–water partition coefficient (Wildman–Crippen LogP) is 2.06. The number of carbonyl (C=O) groups excluding carboxylic acids is 1. The molecular formula is C12H15F3N2O2. The molecule has 0 radical (unpaired) electrons. The number of hydrogen-bond donors (Lipinski definition) is 1. The van der Waals surface area contributed by atoms with E-state index < -0.39 is 18.6 Å². The number of benzene rings is 1. The van der Waals surface area contributed by atoms with Gasteiger partial charge in [-0.15, -0.1) is 0 Å². The number of carbonyl (C=O) groups is 1. The van der Waals surface area contributed by atoms with E-state index in [0.717, 1.165) is 7.05 Å². The van der Waals surface area contributed by atoms with E-state index in [1.54, 1.807) is 24.3 Å². The van der Waals surface area contributed by atoms with E-state index in [1.807, 2.05) is 0 Å². The molecule has 1 rings (SSSR count). The van der Waals surface area contributed by atoms with Crippen LogP contribution < -0.4 is 10.5 Å². The summed E-state index contributed by atoms with van der Waals surface area (Å²) in [6.45, 7) is -1.24. The summed E-state index contributed by atoms with van der Waals surface area (Å²) in [6, 6.07) is 6.51. The van der Waals surface area contributed by atoms with E-state index in [9.17, 15) is 18.0 Å². The number of nitrogens with zero attached hydrogens (tertiary/aromatic N) is 1. The van der Waals surface area contributed by atoms with Crippen LogP contribution in [-0.2, 0) is 4.79 Å². The Morgan fingerprint density at radius 1 is 1.32 bits per heavy atom. The Kier molecular flexibility index (Phi) is 5.02. The highest BCUT2D eigenvalue weighted by molar-refractivity contribution is 5.76. The lowest BCUT2D eigenvalue weighted by Gasteiger charge is -2.18. The first-order valence-corrected chi connectivity index (χ1v) is 5.57. The standard InChI is InChI=1S/C12H15F3N2O2/c1-17(8-12(13,14)15)11(18)6-7-19-10-4-2-9(16)3-5-10/h2-5H,6-8,16H2,1H3. The van der Waals surface area contributed by atoms with Gasteiger partial charge in [0.25, 0.3) is 0 Å². The first-order chi connectivity index (χ1) is 8.78. The van der Waals surface area contributed by atoms with Gasteiger partial charge in [0.05, 0.1) is 13.0 Å². The maximum atomic E-state index is 12.1. The SMILES string of the molecule is CN(CC(F)(F)F)C(=O)CCOc1ccc(N)cc1. The molecular weight excluding hydrogens is 261 g/mol. The molecule has 0 atom stereocenters. The molecule has 19 heavy (non-hydrogen) atoms. The Hall–Kier alpha value is -1.92. The zero-order valence-electron chi connectivity index (χ0n) is 10.4. The van der Waals surface area contributed by atoms with Crippen LogP contribution in [0.5, 0.6) is 5.75 Å². The van der Waals surface area contributed by atoms with E-state index in [2.05, 4.69) is 0 Å². The molecule has 0 bridgehead atoms. The van der Waals surface area contributed by atoms with Crippen LogP contribution >= 0.6 is 0 Å². The highest BCUT2D eigenvalue weighted by atomic mass is 19.4. The summed E-state index contributed by atoms with van der Waals surface area (Å²) in [6.07, 6.45) is -4.50. The van der Waals surface area contributed by atoms with Gasteiger partial charge in [0, 0.05) is 12.7 Å². The van der Waals surface area contributed by atoms with E-state index in [-0.39, 0.29) is 13.0 Å². The molecule has 0 fully saturated rings. The Bertz CT molecular complexity index is 418. The lowest BCUT2D eigenvalue weighted by Crippen LogP contribution is -2.36. The fourth-order valence-electron chi connectivity index (χ4n) is 1.37. The number of halogens is 3. The maximum Gasteiger partial charge on any atom is 0.406 e. The number of alkyl halides is 3. The van der Waals surface area contributed by atoms with Crippen molar-refractivity contribution < 1.29 is 22.7 Å². The highest BCUT2D eigenvalue weighted by Gasteiger charge is 2.30. The fourth-order valence-corrected chi connectivity index (χ4v) is 1.37. The van der Waals surface area contributed by atoms with Gasteiger partial charge in [0.15, 0.2) is 0 Å². The third-order valence-electron chi connectivity index (χ3n) is 2.31. The van der Waals surface area contributed by atoms with Gasteiger partial charge < -0.3 is 15.4 Å². The van der Waals surface area contributed by atoms with Crippen LogP contribution in [0, 0.1) is 0 Å². The molecule has 0 spiro atoms. The van der Waals surface area contributed by atoms with Crippen LogP contribution in [0.3, 0.4) is 0 Å². The molecule has 106 valence electrons. The van der Waals surface area contributed by atoms with Gasteiger partial charge in [0.1, 0.15) is 12.3 Å². The number of ether oxygens (including phenoxy) is 1. The van der Waals surface area contributed by atoms with E-state index >= 15 is 0 Å². The van der Waals surface area contributed by atoms with Crippen molar-refractivity contribution in [2.75, 3.05) is 25.9 Å². The second-order valence-corrected chi connectivity index (χ2v) is 4.03. The number of nitrogen functional groups attached to an aromatic ring is 1. The molecule has 0 aliphatic heterocycles. The topological polar surface area (TPSA) is 55.6 Å². The zero-order valence-corrected chi connectivity index (χ0v) is 10.4. The largest absolute Gasteiger partial charge is 0.493 e. The smallest absolute Gasteiger partial charge is 0.406 e. The molecule has 4 nitrogen and oxygen atoms in total. The second kappa shape index (κ2) is 6.31. The Morgan fingerprint density at radius 2 is 1.89 bits per heavy atom. The molecule has 1 aromatic rings. The lowest BCUT2D eigenvalue weighted by molar-refractivity contribution is -0.158. The minimum absolute atomic E-state index is 0.0188. The summed E-state index contributed by atoms with van der Waals surface area (Å²) < 4.78 is 41.4. The number of amides is 1. The van der Waals surface area contributed by atoms with E-state index in [4.69, 9.17) is 10.5 Å². The Labute approximate surface area is 108 Å². The molecule has 1 aromatic carbocycles. The maximum absolute atomic E-state index is 12.1. The minimum atomic E-state index is -4.39. The fraction of sp³-hybridized carbons (Fsp3) is 0.417. The molecule has 0 heterocycles. The van der Waals surface area contributed by atoms with E-state index in [0.29, 0.717) is 16.3 Å². The van der Waals surface area contributed by atoms with Crippen molar-refractivity contribution in [1.82, 2.24) is 4.90 Å². The van der Waals surface area contributed by atoms with Gasteiger partial charge >= 0.3 is 6.18 Å². The summed E-state index contributed by atoms with van der Waals surface area (Å²) in [5, 5.41) is 0. The van der Waals surface area contributed by atoms with Crippen LogP contribution in [-0.4, -0.2) is 37.2 Å². The van der Waals surface area contributed by atoms with Crippen LogP contribution in [0.2, 0.25) is 0 Å². The van der Waals surface area contributed by atoms with Crippen LogP contribution in [0.4, 0.5) is 18.9 Å².